The monoisotopic (exact) mass is 366 g/mol. The van der Waals surface area contributed by atoms with Crippen molar-refractivity contribution < 1.29 is 13.2 Å². The summed E-state index contributed by atoms with van der Waals surface area (Å²) in [5.74, 6) is -0.135. The van der Waals surface area contributed by atoms with Crippen molar-refractivity contribution in [3.05, 3.63) is 53.4 Å². The Morgan fingerprint density at radius 2 is 1.91 bits per heavy atom. The Morgan fingerprint density at radius 3 is 2.52 bits per heavy atom. The fraction of sp³-hybridized carbons (Fsp3) is 0.200. The van der Waals surface area contributed by atoms with Crippen molar-refractivity contribution in [3.63, 3.8) is 0 Å². The van der Waals surface area contributed by atoms with Gasteiger partial charge < -0.3 is 0 Å². The topological polar surface area (TPSA) is 66.8 Å². The minimum absolute atomic E-state index is 0.135. The van der Waals surface area contributed by atoms with E-state index in [1.54, 1.807) is 18.4 Å². The second-order valence-electron chi connectivity index (χ2n) is 4.77. The van der Waals surface area contributed by atoms with Crippen LogP contribution in [0.4, 0.5) is 0 Å². The molecule has 0 bridgehead atoms. The van der Waals surface area contributed by atoms with Gasteiger partial charge in [-0.25, -0.2) is 0 Å². The summed E-state index contributed by atoms with van der Waals surface area (Å²) in [6.07, 6.45) is 0. The lowest BCUT2D eigenvalue weighted by molar-refractivity contribution is -0.126. The molecule has 0 spiro atoms. The first-order valence-electron chi connectivity index (χ1n) is 6.94. The zero-order chi connectivity index (χ0) is 16.4. The number of rotatable bonds is 4. The normalized spacial score (nSPS) is 20.4. The highest BCUT2D eigenvalue weighted by molar-refractivity contribution is 8.15. The van der Waals surface area contributed by atoms with E-state index >= 15 is 0 Å². The number of amides is 1. The summed E-state index contributed by atoms with van der Waals surface area (Å²) in [5.41, 5.74) is 0.847. The molecule has 0 aliphatic carbocycles. The quantitative estimate of drug-likeness (QED) is 0.834. The number of carbonyl (C=O) groups excluding carboxylic acids is 1. The van der Waals surface area contributed by atoms with E-state index in [0.29, 0.717) is 6.54 Å². The molecule has 0 unspecified atom stereocenters. The molecule has 5 nitrogen and oxygen atoms in total. The third-order valence-corrected chi connectivity index (χ3v) is 7.30. The molecule has 1 amide bonds. The molecule has 3 rings (SSSR count). The van der Waals surface area contributed by atoms with Crippen molar-refractivity contribution in [2.45, 2.75) is 16.4 Å². The molecule has 1 atom stereocenters. The second-order valence-corrected chi connectivity index (χ2v) is 8.62. The van der Waals surface area contributed by atoms with Crippen LogP contribution in [0, 0.1) is 0 Å². The molecule has 8 heteroatoms. The molecule has 1 aliphatic rings. The summed E-state index contributed by atoms with van der Waals surface area (Å²) < 4.78 is 28.7. The molecular weight excluding hydrogens is 352 g/mol. The summed E-state index contributed by atoms with van der Waals surface area (Å²) in [4.78, 5) is 14.0. The van der Waals surface area contributed by atoms with Gasteiger partial charge in [0.15, 0.2) is 5.17 Å². The Hall–Kier alpha value is -1.64. The first kappa shape index (κ1) is 16.2. The van der Waals surface area contributed by atoms with E-state index < -0.39 is 15.3 Å². The Morgan fingerprint density at radius 1 is 1.17 bits per heavy atom. The highest BCUT2D eigenvalue weighted by atomic mass is 32.2. The predicted molar refractivity (Wildman–Crippen MR) is 93.1 cm³/mol. The Kier molecular flexibility index (Phi) is 4.56. The van der Waals surface area contributed by atoms with Crippen LogP contribution >= 0.6 is 23.1 Å². The van der Waals surface area contributed by atoms with Crippen LogP contribution in [0.2, 0.25) is 0 Å². The predicted octanol–water partition coefficient (Wildman–Crippen LogP) is 3.13. The molecule has 1 aliphatic heterocycles. The lowest BCUT2D eigenvalue weighted by atomic mass is 10.1. The van der Waals surface area contributed by atoms with Crippen molar-refractivity contribution in [1.29, 1.82) is 0 Å². The van der Waals surface area contributed by atoms with Crippen LogP contribution in [0.15, 0.2) is 56.5 Å². The fourth-order valence-corrected chi connectivity index (χ4v) is 5.62. The van der Waals surface area contributed by atoms with E-state index in [2.05, 4.69) is 4.40 Å². The molecule has 0 radical (unpaired) electrons. The van der Waals surface area contributed by atoms with Crippen LogP contribution in [0.1, 0.15) is 17.7 Å². The first-order valence-corrected chi connectivity index (χ1v) is 10.1. The minimum Gasteiger partial charge on any atom is -0.290 e. The van der Waals surface area contributed by atoms with Gasteiger partial charge in [-0.05, 0) is 23.9 Å². The van der Waals surface area contributed by atoms with Gasteiger partial charge in [0, 0.05) is 6.54 Å². The van der Waals surface area contributed by atoms with Gasteiger partial charge >= 0.3 is 0 Å². The summed E-state index contributed by atoms with van der Waals surface area (Å²) >= 11 is 2.29. The number of nitrogens with zero attached hydrogens (tertiary/aromatic N) is 2. The number of hydrogen-bond acceptors (Lipinski definition) is 5. The van der Waals surface area contributed by atoms with E-state index in [1.807, 2.05) is 30.3 Å². The van der Waals surface area contributed by atoms with Crippen molar-refractivity contribution in [2.24, 2.45) is 4.40 Å². The fourth-order valence-electron chi connectivity index (χ4n) is 2.21. The van der Waals surface area contributed by atoms with E-state index in [-0.39, 0.29) is 15.3 Å². The number of thiophene rings is 1. The van der Waals surface area contributed by atoms with Crippen molar-refractivity contribution in [3.8, 4) is 0 Å². The average molecular weight is 366 g/mol. The molecule has 23 heavy (non-hydrogen) atoms. The molecule has 0 saturated carbocycles. The lowest BCUT2D eigenvalue weighted by Crippen LogP contribution is -2.30. The SMILES string of the molecule is CCN1C(=O)[C@H](c2ccccc2)SC1=NS(=O)(=O)c1cccs1. The van der Waals surface area contributed by atoms with Crippen molar-refractivity contribution in [1.82, 2.24) is 4.90 Å². The van der Waals surface area contributed by atoms with Gasteiger partial charge in [-0.1, -0.05) is 48.2 Å². The van der Waals surface area contributed by atoms with E-state index in [1.165, 1.54) is 22.7 Å². The summed E-state index contributed by atoms with van der Waals surface area (Å²) in [5, 5.41) is 1.47. The molecule has 1 aromatic carbocycles. The number of amidine groups is 1. The van der Waals surface area contributed by atoms with Crippen molar-refractivity contribution >= 4 is 44.2 Å². The summed E-state index contributed by atoms with van der Waals surface area (Å²) in [6.45, 7) is 2.19. The average Bonchev–Trinajstić information content (AvgIpc) is 3.17. The molecule has 120 valence electrons. The number of hydrogen-bond donors (Lipinski definition) is 0. The minimum atomic E-state index is -3.78. The molecule has 1 aromatic heterocycles. The van der Waals surface area contributed by atoms with Crippen LogP contribution in [0.3, 0.4) is 0 Å². The van der Waals surface area contributed by atoms with E-state index in [0.717, 1.165) is 16.9 Å². The summed E-state index contributed by atoms with van der Waals surface area (Å²) in [7, 11) is -3.78. The number of thioether (sulfide) groups is 1. The van der Waals surface area contributed by atoms with Gasteiger partial charge in [-0.2, -0.15) is 8.42 Å². The third-order valence-electron chi connectivity index (χ3n) is 3.31. The van der Waals surface area contributed by atoms with Crippen LogP contribution in [0.25, 0.3) is 0 Å². The van der Waals surface area contributed by atoms with Gasteiger partial charge in [-0.3, -0.25) is 9.69 Å². The number of benzene rings is 1. The third kappa shape index (κ3) is 3.19. The van der Waals surface area contributed by atoms with Crippen LogP contribution in [0.5, 0.6) is 0 Å². The maximum atomic E-state index is 12.6. The summed E-state index contributed by atoms with van der Waals surface area (Å²) in [6, 6.07) is 12.5. The number of sulfonamides is 1. The molecule has 1 saturated heterocycles. The molecule has 0 N–H and O–H groups in total. The molecule has 1 fully saturated rings. The molecule has 2 aromatic rings. The van der Waals surface area contributed by atoms with Crippen LogP contribution in [-0.2, 0) is 14.8 Å². The van der Waals surface area contributed by atoms with E-state index in [4.69, 9.17) is 0 Å². The number of likely N-dealkylation sites (N-methyl/N-ethyl adjacent to an activating group) is 1. The smallest absolute Gasteiger partial charge is 0.290 e. The Bertz CT molecular complexity index is 830. The van der Waals surface area contributed by atoms with Gasteiger partial charge in [0.25, 0.3) is 10.0 Å². The zero-order valence-electron chi connectivity index (χ0n) is 12.2. The van der Waals surface area contributed by atoms with Gasteiger partial charge in [0.1, 0.15) is 9.46 Å². The largest absolute Gasteiger partial charge is 0.294 e. The van der Waals surface area contributed by atoms with E-state index in [9.17, 15) is 13.2 Å². The highest BCUT2D eigenvalue weighted by Crippen LogP contribution is 2.40. The highest BCUT2D eigenvalue weighted by Gasteiger charge is 2.39. The lowest BCUT2D eigenvalue weighted by Gasteiger charge is -2.13. The van der Waals surface area contributed by atoms with Gasteiger partial charge in [-0.15, -0.1) is 15.7 Å². The maximum Gasteiger partial charge on any atom is 0.294 e. The van der Waals surface area contributed by atoms with Crippen molar-refractivity contribution in [2.75, 3.05) is 6.54 Å². The van der Waals surface area contributed by atoms with Gasteiger partial charge in [0.2, 0.25) is 5.91 Å². The van der Waals surface area contributed by atoms with Crippen LogP contribution < -0.4 is 0 Å². The Labute approximate surface area is 143 Å². The Balaban J connectivity index is 1.97. The first-order chi connectivity index (χ1) is 11.0. The van der Waals surface area contributed by atoms with Crippen LogP contribution in [-0.4, -0.2) is 30.9 Å². The standard InChI is InChI=1S/C15H14N2O3S3/c1-2-17-14(18)13(11-7-4-3-5-8-11)22-15(17)16-23(19,20)12-9-6-10-21-12/h3-10,13H,2H2,1H3/t13-/m0/s1. The zero-order valence-corrected chi connectivity index (χ0v) is 14.7. The molecule has 2 heterocycles. The maximum absolute atomic E-state index is 12.6. The molecular formula is C15H14N2O3S3. The second kappa shape index (κ2) is 6.46. The number of carbonyl (C=O) groups is 1. The van der Waals surface area contributed by atoms with Gasteiger partial charge in [0.05, 0.1) is 0 Å².